The number of aryl methyl sites for hydroxylation is 1. The molecule has 3 heterocycles. The molecule has 1 aliphatic carbocycles. The lowest BCUT2D eigenvalue weighted by Gasteiger charge is -2.41. The molecule has 190 valence electrons. The lowest BCUT2D eigenvalue weighted by molar-refractivity contribution is 0.155. The molecule has 2 aliphatic rings. The highest BCUT2D eigenvalue weighted by atomic mass is 16.4. The van der Waals surface area contributed by atoms with E-state index in [4.69, 9.17) is 4.42 Å². The van der Waals surface area contributed by atoms with Crippen molar-refractivity contribution in [1.29, 1.82) is 0 Å². The SMILES string of the molecule is CC1=C[C@@H](CN2CCN(c3ccccn3)CC2)[C@H](C(C)C)C[C@@H]1Cc1nnc(-c2ccc(C)cc2)o1. The molecule has 1 saturated heterocycles. The first kappa shape index (κ1) is 24.7. The Morgan fingerprint density at radius 1 is 0.972 bits per heavy atom. The molecule has 3 atom stereocenters. The predicted octanol–water partition coefficient (Wildman–Crippen LogP) is 5.66. The van der Waals surface area contributed by atoms with Gasteiger partial charge in [-0.1, -0.05) is 49.3 Å². The highest BCUT2D eigenvalue weighted by Crippen LogP contribution is 2.39. The second-order valence-electron chi connectivity index (χ2n) is 11.0. The Morgan fingerprint density at radius 2 is 1.75 bits per heavy atom. The number of benzene rings is 1. The highest BCUT2D eigenvalue weighted by Gasteiger charge is 2.34. The van der Waals surface area contributed by atoms with E-state index in [-0.39, 0.29) is 0 Å². The second kappa shape index (κ2) is 11.0. The predicted molar refractivity (Wildman–Crippen MR) is 145 cm³/mol. The molecule has 1 aliphatic heterocycles. The van der Waals surface area contributed by atoms with E-state index in [0.717, 1.165) is 56.4 Å². The van der Waals surface area contributed by atoms with Crippen molar-refractivity contribution in [3.8, 4) is 11.5 Å². The van der Waals surface area contributed by atoms with Crippen LogP contribution in [0.5, 0.6) is 0 Å². The van der Waals surface area contributed by atoms with Crippen molar-refractivity contribution in [1.82, 2.24) is 20.1 Å². The lowest BCUT2D eigenvalue weighted by Crippen LogP contribution is -2.49. The number of aromatic nitrogens is 3. The molecule has 5 rings (SSSR count). The van der Waals surface area contributed by atoms with E-state index in [2.05, 4.69) is 83.0 Å². The van der Waals surface area contributed by atoms with E-state index in [1.807, 2.05) is 24.4 Å². The lowest BCUT2D eigenvalue weighted by atomic mass is 9.69. The van der Waals surface area contributed by atoms with Gasteiger partial charge in [-0.15, -0.1) is 10.2 Å². The fourth-order valence-electron chi connectivity index (χ4n) is 5.84. The van der Waals surface area contributed by atoms with Gasteiger partial charge in [-0.2, -0.15) is 0 Å². The molecule has 0 spiro atoms. The molecule has 0 radical (unpaired) electrons. The van der Waals surface area contributed by atoms with Crippen LogP contribution in [0.25, 0.3) is 11.5 Å². The molecular weight excluding hydrogens is 446 g/mol. The molecule has 6 heteroatoms. The third-order valence-electron chi connectivity index (χ3n) is 8.08. The van der Waals surface area contributed by atoms with Crippen molar-refractivity contribution < 1.29 is 4.42 Å². The van der Waals surface area contributed by atoms with E-state index < -0.39 is 0 Å². The maximum absolute atomic E-state index is 6.08. The molecule has 3 aromatic rings. The fourth-order valence-corrected chi connectivity index (χ4v) is 5.84. The number of nitrogens with zero attached hydrogens (tertiary/aromatic N) is 5. The van der Waals surface area contributed by atoms with Crippen LogP contribution in [0.2, 0.25) is 0 Å². The highest BCUT2D eigenvalue weighted by molar-refractivity contribution is 5.52. The maximum atomic E-state index is 6.08. The molecule has 1 aromatic carbocycles. The maximum Gasteiger partial charge on any atom is 0.247 e. The normalized spacial score (nSPS) is 23.2. The third-order valence-corrected chi connectivity index (χ3v) is 8.08. The number of hydrogen-bond acceptors (Lipinski definition) is 6. The van der Waals surface area contributed by atoms with Gasteiger partial charge in [0.05, 0.1) is 0 Å². The number of hydrogen-bond donors (Lipinski definition) is 0. The molecule has 0 saturated carbocycles. The van der Waals surface area contributed by atoms with Crippen molar-refractivity contribution in [2.45, 2.75) is 40.5 Å². The van der Waals surface area contributed by atoms with Crippen LogP contribution in [-0.2, 0) is 6.42 Å². The molecule has 6 nitrogen and oxygen atoms in total. The van der Waals surface area contributed by atoms with Crippen molar-refractivity contribution in [2.75, 3.05) is 37.6 Å². The number of allylic oxidation sites excluding steroid dienone is 1. The average Bonchev–Trinajstić information content (AvgIpc) is 3.35. The first-order valence-corrected chi connectivity index (χ1v) is 13.4. The Morgan fingerprint density at radius 3 is 2.44 bits per heavy atom. The Labute approximate surface area is 215 Å². The van der Waals surface area contributed by atoms with Gasteiger partial charge in [-0.3, -0.25) is 4.90 Å². The minimum atomic E-state index is 0.459. The zero-order valence-corrected chi connectivity index (χ0v) is 22.1. The smallest absolute Gasteiger partial charge is 0.247 e. The van der Waals surface area contributed by atoms with Crippen LogP contribution >= 0.6 is 0 Å². The van der Waals surface area contributed by atoms with E-state index in [1.165, 1.54) is 17.6 Å². The first-order valence-electron chi connectivity index (χ1n) is 13.4. The fraction of sp³-hybridized carbons (Fsp3) is 0.500. The van der Waals surface area contributed by atoms with Crippen molar-refractivity contribution >= 4 is 5.82 Å². The Bertz CT molecular complexity index is 1150. The van der Waals surface area contributed by atoms with Gasteiger partial charge in [0.15, 0.2) is 0 Å². The van der Waals surface area contributed by atoms with E-state index in [0.29, 0.717) is 29.6 Å². The summed E-state index contributed by atoms with van der Waals surface area (Å²) >= 11 is 0. The van der Waals surface area contributed by atoms with Crippen LogP contribution in [0.4, 0.5) is 5.82 Å². The Hall–Kier alpha value is -2.99. The summed E-state index contributed by atoms with van der Waals surface area (Å²) in [6, 6.07) is 14.4. The Balaban J connectivity index is 1.22. The van der Waals surface area contributed by atoms with E-state index in [1.54, 1.807) is 0 Å². The van der Waals surface area contributed by atoms with Gasteiger partial charge >= 0.3 is 0 Å². The largest absolute Gasteiger partial charge is 0.421 e. The molecule has 36 heavy (non-hydrogen) atoms. The van der Waals surface area contributed by atoms with Crippen molar-refractivity contribution in [3.05, 3.63) is 71.8 Å². The number of rotatable bonds is 7. The first-order chi connectivity index (χ1) is 17.5. The van der Waals surface area contributed by atoms with E-state index in [9.17, 15) is 0 Å². The number of pyridine rings is 1. The van der Waals surface area contributed by atoms with Crippen LogP contribution < -0.4 is 4.90 Å². The summed E-state index contributed by atoms with van der Waals surface area (Å²) in [4.78, 5) is 9.59. The molecular formula is C30H39N5O. The second-order valence-corrected chi connectivity index (χ2v) is 11.0. The minimum absolute atomic E-state index is 0.459. The zero-order chi connectivity index (χ0) is 25.1. The molecule has 0 bridgehead atoms. The number of anilines is 1. The summed E-state index contributed by atoms with van der Waals surface area (Å²) in [7, 11) is 0. The average molecular weight is 486 g/mol. The Kier molecular flexibility index (Phi) is 7.51. The van der Waals surface area contributed by atoms with Crippen LogP contribution in [-0.4, -0.2) is 52.8 Å². The summed E-state index contributed by atoms with van der Waals surface area (Å²) in [5.41, 5.74) is 3.68. The van der Waals surface area contributed by atoms with Crippen molar-refractivity contribution in [3.63, 3.8) is 0 Å². The van der Waals surface area contributed by atoms with Gasteiger partial charge in [0, 0.05) is 50.9 Å². The molecule has 0 amide bonds. The summed E-state index contributed by atoms with van der Waals surface area (Å²) in [5.74, 6) is 4.81. The molecule has 2 aromatic heterocycles. The summed E-state index contributed by atoms with van der Waals surface area (Å²) < 4.78 is 6.08. The van der Waals surface area contributed by atoms with E-state index >= 15 is 0 Å². The van der Waals surface area contributed by atoms with Crippen LogP contribution in [0.15, 0.2) is 64.7 Å². The quantitative estimate of drug-likeness (QED) is 0.403. The molecule has 0 N–H and O–H groups in total. The van der Waals surface area contributed by atoms with Crippen LogP contribution in [0.1, 0.15) is 38.6 Å². The van der Waals surface area contributed by atoms with Crippen LogP contribution in [0, 0.1) is 30.6 Å². The van der Waals surface area contributed by atoms with Gasteiger partial charge in [-0.05, 0) is 68.2 Å². The van der Waals surface area contributed by atoms with Crippen molar-refractivity contribution in [2.24, 2.45) is 23.7 Å². The summed E-state index contributed by atoms with van der Waals surface area (Å²) in [6.07, 6.45) is 6.44. The minimum Gasteiger partial charge on any atom is -0.421 e. The van der Waals surface area contributed by atoms with Gasteiger partial charge in [0.25, 0.3) is 0 Å². The zero-order valence-electron chi connectivity index (χ0n) is 22.1. The molecule has 1 fully saturated rings. The van der Waals surface area contributed by atoms with Gasteiger partial charge in [0.1, 0.15) is 5.82 Å². The molecule has 0 unspecified atom stereocenters. The topological polar surface area (TPSA) is 58.3 Å². The summed E-state index contributed by atoms with van der Waals surface area (Å²) in [5, 5.41) is 8.73. The number of piperazine rings is 1. The monoisotopic (exact) mass is 485 g/mol. The van der Waals surface area contributed by atoms with Gasteiger partial charge in [-0.25, -0.2) is 4.98 Å². The van der Waals surface area contributed by atoms with Gasteiger partial charge < -0.3 is 9.32 Å². The summed E-state index contributed by atoms with van der Waals surface area (Å²) in [6.45, 7) is 14.6. The standard InChI is InChI=1S/C30H39N5O/c1-21(2)27-18-25(19-29-32-33-30(36-29)24-10-8-22(3)9-11-24)23(4)17-26(27)20-34-13-15-35(16-14-34)28-7-5-6-12-31-28/h5-12,17,21,25-27H,13-16,18-20H2,1-4H3/t25-,26+,27+/m1/s1. The van der Waals surface area contributed by atoms with Gasteiger partial charge in [0.2, 0.25) is 11.8 Å². The van der Waals surface area contributed by atoms with Crippen LogP contribution in [0.3, 0.4) is 0 Å². The third kappa shape index (κ3) is 5.70.